The predicted octanol–water partition coefficient (Wildman–Crippen LogP) is 2.29. The van der Waals surface area contributed by atoms with Gasteiger partial charge in [0, 0.05) is 16.9 Å². The summed E-state index contributed by atoms with van der Waals surface area (Å²) in [6.07, 6.45) is 0. The number of aromatic nitrogens is 3. The van der Waals surface area contributed by atoms with Gasteiger partial charge in [-0.3, -0.25) is 4.40 Å². The average Bonchev–Trinajstić information content (AvgIpc) is 2.74. The van der Waals surface area contributed by atoms with Gasteiger partial charge in [0.15, 0.2) is 11.5 Å². The molecule has 17 heavy (non-hydrogen) atoms. The van der Waals surface area contributed by atoms with Crippen LogP contribution in [0.4, 0.5) is 5.69 Å². The molecule has 0 aliphatic heterocycles. The molecule has 0 aliphatic carbocycles. The van der Waals surface area contributed by atoms with Crippen LogP contribution in [-0.4, -0.2) is 14.6 Å². The molecule has 4 heteroatoms. The van der Waals surface area contributed by atoms with E-state index in [1.807, 2.05) is 53.8 Å². The van der Waals surface area contributed by atoms with E-state index in [9.17, 15) is 0 Å². The number of aryl methyl sites for hydroxylation is 1. The molecule has 4 nitrogen and oxygen atoms in total. The number of nitrogen functional groups attached to an aromatic ring is 1. The molecule has 1 aromatic carbocycles. The van der Waals surface area contributed by atoms with Crippen LogP contribution in [0.2, 0.25) is 0 Å². The zero-order valence-corrected chi connectivity index (χ0v) is 9.46. The molecule has 0 atom stereocenters. The fourth-order valence-electron chi connectivity index (χ4n) is 1.96. The fourth-order valence-corrected chi connectivity index (χ4v) is 1.96. The van der Waals surface area contributed by atoms with Crippen molar-refractivity contribution in [1.29, 1.82) is 0 Å². The minimum Gasteiger partial charge on any atom is -0.399 e. The quantitative estimate of drug-likeness (QED) is 0.645. The van der Waals surface area contributed by atoms with Crippen molar-refractivity contribution in [3.63, 3.8) is 0 Å². The summed E-state index contributed by atoms with van der Waals surface area (Å²) in [5.74, 6) is 0.824. The summed E-state index contributed by atoms with van der Waals surface area (Å²) in [6, 6.07) is 13.6. The Morgan fingerprint density at radius 3 is 2.71 bits per heavy atom. The summed E-state index contributed by atoms with van der Waals surface area (Å²) >= 11 is 0. The predicted molar refractivity (Wildman–Crippen MR) is 67.6 cm³/mol. The van der Waals surface area contributed by atoms with Crippen molar-refractivity contribution >= 4 is 11.3 Å². The van der Waals surface area contributed by atoms with Crippen molar-refractivity contribution < 1.29 is 0 Å². The Labute approximate surface area is 98.7 Å². The molecule has 2 aromatic heterocycles. The zero-order chi connectivity index (χ0) is 11.8. The second kappa shape index (κ2) is 3.59. The Kier molecular flexibility index (Phi) is 2.08. The summed E-state index contributed by atoms with van der Waals surface area (Å²) in [5, 5.41) is 8.38. The van der Waals surface area contributed by atoms with Gasteiger partial charge in [-0.1, -0.05) is 18.2 Å². The molecule has 0 saturated heterocycles. The topological polar surface area (TPSA) is 56.2 Å². The lowest BCUT2D eigenvalue weighted by Gasteiger charge is -2.03. The summed E-state index contributed by atoms with van der Waals surface area (Å²) < 4.78 is 2.02. The van der Waals surface area contributed by atoms with Crippen molar-refractivity contribution in [2.24, 2.45) is 0 Å². The molecule has 0 radical (unpaired) electrons. The van der Waals surface area contributed by atoms with E-state index in [4.69, 9.17) is 5.73 Å². The van der Waals surface area contributed by atoms with Gasteiger partial charge in [0.05, 0.1) is 0 Å². The van der Waals surface area contributed by atoms with Crippen LogP contribution < -0.4 is 5.73 Å². The van der Waals surface area contributed by atoms with Gasteiger partial charge in [-0.05, 0) is 31.2 Å². The SMILES string of the molecule is Cc1cccc2nnc(-c3cccc(N)c3)n12. The molecule has 0 fully saturated rings. The zero-order valence-electron chi connectivity index (χ0n) is 9.46. The molecule has 2 heterocycles. The Bertz CT molecular complexity index is 685. The monoisotopic (exact) mass is 224 g/mol. The standard InChI is InChI=1S/C13H12N4/c1-9-4-2-7-12-15-16-13(17(9)12)10-5-3-6-11(14)8-10/h2-8H,14H2,1H3. The van der Waals surface area contributed by atoms with E-state index in [-0.39, 0.29) is 0 Å². The Morgan fingerprint density at radius 2 is 1.88 bits per heavy atom. The number of anilines is 1. The van der Waals surface area contributed by atoms with E-state index in [2.05, 4.69) is 10.2 Å². The first-order valence-corrected chi connectivity index (χ1v) is 5.42. The highest BCUT2D eigenvalue weighted by molar-refractivity contribution is 5.64. The number of pyridine rings is 1. The number of hydrogen-bond donors (Lipinski definition) is 1. The number of nitrogens with zero attached hydrogens (tertiary/aromatic N) is 3. The van der Waals surface area contributed by atoms with Crippen LogP contribution in [0.5, 0.6) is 0 Å². The smallest absolute Gasteiger partial charge is 0.168 e. The highest BCUT2D eigenvalue weighted by Crippen LogP contribution is 2.21. The van der Waals surface area contributed by atoms with Gasteiger partial charge >= 0.3 is 0 Å². The van der Waals surface area contributed by atoms with Crippen LogP contribution in [-0.2, 0) is 0 Å². The van der Waals surface area contributed by atoms with Gasteiger partial charge in [-0.15, -0.1) is 10.2 Å². The maximum absolute atomic E-state index is 5.79. The van der Waals surface area contributed by atoms with Crippen LogP contribution in [0, 0.1) is 6.92 Å². The summed E-state index contributed by atoms with van der Waals surface area (Å²) in [4.78, 5) is 0. The maximum atomic E-state index is 5.79. The average molecular weight is 224 g/mol. The van der Waals surface area contributed by atoms with Gasteiger partial charge in [0.1, 0.15) is 0 Å². The van der Waals surface area contributed by atoms with E-state index >= 15 is 0 Å². The molecule has 3 aromatic rings. The first-order valence-electron chi connectivity index (χ1n) is 5.42. The molecule has 0 spiro atoms. The van der Waals surface area contributed by atoms with Crippen molar-refractivity contribution in [3.8, 4) is 11.4 Å². The number of benzene rings is 1. The minimum atomic E-state index is 0.729. The Hall–Kier alpha value is -2.36. The lowest BCUT2D eigenvalue weighted by molar-refractivity contribution is 1.08. The number of nitrogens with two attached hydrogens (primary N) is 1. The minimum absolute atomic E-state index is 0.729. The number of hydrogen-bond acceptors (Lipinski definition) is 3. The first kappa shape index (κ1) is 9.84. The molecule has 0 amide bonds. The van der Waals surface area contributed by atoms with Crippen molar-refractivity contribution in [2.75, 3.05) is 5.73 Å². The molecular formula is C13H12N4. The van der Waals surface area contributed by atoms with Crippen LogP contribution in [0.25, 0.3) is 17.0 Å². The lowest BCUT2D eigenvalue weighted by Crippen LogP contribution is -1.94. The first-order chi connectivity index (χ1) is 8.25. The molecule has 0 unspecified atom stereocenters. The molecule has 84 valence electrons. The molecule has 0 aliphatic rings. The maximum Gasteiger partial charge on any atom is 0.168 e. The normalized spacial score (nSPS) is 10.9. The molecule has 2 N–H and O–H groups in total. The third-order valence-corrected chi connectivity index (χ3v) is 2.77. The van der Waals surface area contributed by atoms with E-state index in [0.29, 0.717) is 0 Å². The van der Waals surface area contributed by atoms with Crippen molar-refractivity contribution in [2.45, 2.75) is 6.92 Å². The van der Waals surface area contributed by atoms with Gasteiger partial charge in [0.25, 0.3) is 0 Å². The Balaban J connectivity index is 2.31. The van der Waals surface area contributed by atoms with Crippen LogP contribution in [0.15, 0.2) is 42.5 Å². The van der Waals surface area contributed by atoms with Crippen molar-refractivity contribution in [1.82, 2.24) is 14.6 Å². The third kappa shape index (κ3) is 1.54. The van der Waals surface area contributed by atoms with Gasteiger partial charge in [-0.25, -0.2) is 0 Å². The molecule has 0 bridgehead atoms. The van der Waals surface area contributed by atoms with E-state index in [1.165, 1.54) is 0 Å². The van der Waals surface area contributed by atoms with Crippen LogP contribution in [0.3, 0.4) is 0 Å². The molecule has 3 rings (SSSR count). The highest BCUT2D eigenvalue weighted by atomic mass is 15.2. The van der Waals surface area contributed by atoms with Crippen LogP contribution >= 0.6 is 0 Å². The second-order valence-corrected chi connectivity index (χ2v) is 4.01. The lowest BCUT2D eigenvalue weighted by atomic mass is 10.2. The second-order valence-electron chi connectivity index (χ2n) is 4.01. The number of rotatable bonds is 1. The molecule has 0 saturated carbocycles. The summed E-state index contributed by atoms with van der Waals surface area (Å²) in [6.45, 7) is 2.03. The number of fused-ring (bicyclic) bond motifs is 1. The highest BCUT2D eigenvalue weighted by Gasteiger charge is 2.09. The van der Waals surface area contributed by atoms with Gasteiger partial charge in [0.2, 0.25) is 0 Å². The fraction of sp³-hybridized carbons (Fsp3) is 0.0769. The summed E-state index contributed by atoms with van der Waals surface area (Å²) in [5.41, 5.74) is 9.45. The van der Waals surface area contributed by atoms with Crippen LogP contribution in [0.1, 0.15) is 5.69 Å². The Morgan fingerprint density at radius 1 is 1.06 bits per heavy atom. The summed E-state index contributed by atoms with van der Waals surface area (Å²) in [7, 11) is 0. The van der Waals surface area contributed by atoms with E-state index in [1.54, 1.807) is 0 Å². The van der Waals surface area contributed by atoms with Gasteiger partial charge < -0.3 is 5.73 Å². The largest absolute Gasteiger partial charge is 0.399 e. The van der Waals surface area contributed by atoms with E-state index < -0.39 is 0 Å². The molecular weight excluding hydrogens is 212 g/mol. The van der Waals surface area contributed by atoms with Crippen molar-refractivity contribution in [3.05, 3.63) is 48.2 Å². The third-order valence-electron chi connectivity index (χ3n) is 2.77. The van der Waals surface area contributed by atoms with Gasteiger partial charge in [-0.2, -0.15) is 0 Å². The van der Waals surface area contributed by atoms with E-state index in [0.717, 1.165) is 28.4 Å².